The molecular formula is C15H13ClO2S. The number of rotatable bonds is 5. The van der Waals surface area contributed by atoms with Crippen molar-refractivity contribution >= 4 is 29.3 Å². The van der Waals surface area contributed by atoms with Gasteiger partial charge in [0.15, 0.2) is 0 Å². The number of carboxylic acids is 1. The fourth-order valence-electron chi connectivity index (χ4n) is 1.73. The monoisotopic (exact) mass is 292 g/mol. The Morgan fingerprint density at radius 1 is 1.16 bits per heavy atom. The molecule has 2 aromatic carbocycles. The second-order valence-electron chi connectivity index (χ2n) is 4.06. The molecule has 2 aromatic rings. The number of carboxylic acid groups (broad SMARTS) is 1. The third-order valence-corrected chi connectivity index (χ3v) is 4.03. The Morgan fingerprint density at radius 3 is 2.53 bits per heavy atom. The number of alkyl halides is 1. The first kappa shape index (κ1) is 14.0. The largest absolute Gasteiger partial charge is 0.481 e. The molecule has 19 heavy (non-hydrogen) atoms. The van der Waals surface area contributed by atoms with Gasteiger partial charge in [-0.25, -0.2) is 0 Å². The van der Waals surface area contributed by atoms with Gasteiger partial charge in [0.2, 0.25) is 0 Å². The highest BCUT2D eigenvalue weighted by molar-refractivity contribution is 7.99. The van der Waals surface area contributed by atoms with Crippen LogP contribution in [0.1, 0.15) is 11.1 Å². The normalized spacial score (nSPS) is 10.4. The number of benzene rings is 2. The van der Waals surface area contributed by atoms with E-state index in [-0.39, 0.29) is 6.42 Å². The second-order valence-corrected chi connectivity index (χ2v) is 5.44. The smallest absolute Gasteiger partial charge is 0.307 e. The van der Waals surface area contributed by atoms with Crippen LogP contribution < -0.4 is 0 Å². The molecule has 0 aliphatic heterocycles. The average molecular weight is 293 g/mol. The summed E-state index contributed by atoms with van der Waals surface area (Å²) in [5.74, 6) is -0.440. The molecule has 98 valence electrons. The minimum atomic E-state index is -0.832. The van der Waals surface area contributed by atoms with Crippen LogP contribution >= 0.6 is 23.4 Å². The third kappa shape index (κ3) is 4.01. The first-order valence-electron chi connectivity index (χ1n) is 5.81. The Balaban J connectivity index is 2.30. The van der Waals surface area contributed by atoms with E-state index in [0.717, 1.165) is 20.9 Å². The van der Waals surface area contributed by atoms with Gasteiger partial charge in [-0.1, -0.05) is 42.1 Å². The standard InChI is InChI=1S/C15H13ClO2S/c16-10-11-6-7-14(12(8-11)9-15(17)18)19-13-4-2-1-3-5-13/h1-8H,9-10H2,(H,17,18). The molecule has 1 N–H and O–H groups in total. The number of aliphatic carboxylic acids is 1. The van der Waals surface area contributed by atoms with Gasteiger partial charge in [-0.3, -0.25) is 4.79 Å². The van der Waals surface area contributed by atoms with E-state index in [9.17, 15) is 4.79 Å². The minimum absolute atomic E-state index is 0.0138. The zero-order chi connectivity index (χ0) is 13.7. The molecule has 0 radical (unpaired) electrons. The van der Waals surface area contributed by atoms with Crippen LogP contribution in [0, 0.1) is 0 Å². The van der Waals surface area contributed by atoms with E-state index in [2.05, 4.69) is 0 Å². The lowest BCUT2D eigenvalue weighted by Gasteiger charge is -2.09. The number of halogens is 1. The SMILES string of the molecule is O=C(O)Cc1cc(CCl)ccc1Sc1ccccc1. The number of hydrogen-bond acceptors (Lipinski definition) is 2. The van der Waals surface area contributed by atoms with Crippen molar-refractivity contribution in [2.24, 2.45) is 0 Å². The van der Waals surface area contributed by atoms with Gasteiger partial charge in [0.05, 0.1) is 6.42 Å². The van der Waals surface area contributed by atoms with Crippen LogP contribution in [0.2, 0.25) is 0 Å². The van der Waals surface area contributed by atoms with Crippen molar-refractivity contribution < 1.29 is 9.90 Å². The number of carbonyl (C=O) groups is 1. The summed E-state index contributed by atoms with van der Waals surface area (Å²) in [6.45, 7) is 0. The predicted molar refractivity (Wildman–Crippen MR) is 77.9 cm³/mol. The Labute approximate surface area is 121 Å². The van der Waals surface area contributed by atoms with Crippen LogP contribution in [0.3, 0.4) is 0 Å². The van der Waals surface area contributed by atoms with Crippen molar-refractivity contribution in [1.82, 2.24) is 0 Å². The first-order chi connectivity index (χ1) is 9.19. The highest BCUT2D eigenvalue weighted by Gasteiger charge is 2.09. The second kappa shape index (κ2) is 6.64. The summed E-state index contributed by atoms with van der Waals surface area (Å²) < 4.78 is 0. The van der Waals surface area contributed by atoms with Gasteiger partial charge in [-0.2, -0.15) is 0 Å². The van der Waals surface area contributed by atoms with E-state index in [0.29, 0.717) is 5.88 Å². The van der Waals surface area contributed by atoms with E-state index in [1.165, 1.54) is 0 Å². The molecular weight excluding hydrogens is 280 g/mol. The topological polar surface area (TPSA) is 37.3 Å². The first-order valence-corrected chi connectivity index (χ1v) is 7.16. The Hall–Kier alpha value is -1.45. The molecule has 0 unspecified atom stereocenters. The molecule has 0 saturated heterocycles. The maximum Gasteiger partial charge on any atom is 0.307 e. The quantitative estimate of drug-likeness (QED) is 0.839. The van der Waals surface area contributed by atoms with E-state index in [4.69, 9.17) is 16.7 Å². The lowest BCUT2D eigenvalue weighted by molar-refractivity contribution is -0.136. The Morgan fingerprint density at radius 2 is 1.89 bits per heavy atom. The van der Waals surface area contributed by atoms with Gasteiger partial charge in [0, 0.05) is 15.7 Å². The summed E-state index contributed by atoms with van der Waals surface area (Å²) in [7, 11) is 0. The Bertz CT molecular complexity index is 570. The van der Waals surface area contributed by atoms with E-state index in [1.54, 1.807) is 11.8 Å². The lowest BCUT2D eigenvalue weighted by atomic mass is 10.1. The van der Waals surface area contributed by atoms with Crippen LogP contribution in [0.25, 0.3) is 0 Å². The third-order valence-electron chi connectivity index (χ3n) is 2.59. The fourth-order valence-corrected chi connectivity index (χ4v) is 2.84. The van der Waals surface area contributed by atoms with Crippen molar-refractivity contribution in [2.75, 3.05) is 0 Å². The summed E-state index contributed by atoms with van der Waals surface area (Å²) in [5.41, 5.74) is 1.75. The van der Waals surface area contributed by atoms with Crippen molar-refractivity contribution in [2.45, 2.75) is 22.1 Å². The van der Waals surface area contributed by atoms with Crippen LogP contribution in [-0.4, -0.2) is 11.1 Å². The summed E-state index contributed by atoms with van der Waals surface area (Å²) >= 11 is 7.36. The van der Waals surface area contributed by atoms with Gasteiger partial charge < -0.3 is 5.11 Å². The van der Waals surface area contributed by atoms with Crippen molar-refractivity contribution in [3.05, 3.63) is 59.7 Å². The maximum absolute atomic E-state index is 10.9. The highest BCUT2D eigenvalue weighted by Crippen LogP contribution is 2.31. The summed E-state index contributed by atoms with van der Waals surface area (Å²) in [5, 5.41) is 8.98. The van der Waals surface area contributed by atoms with E-state index < -0.39 is 5.97 Å². The lowest BCUT2D eigenvalue weighted by Crippen LogP contribution is -2.02. The molecule has 0 heterocycles. The zero-order valence-corrected chi connectivity index (χ0v) is 11.7. The van der Waals surface area contributed by atoms with Gasteiger partial charge >= 0.3 is 5.97 Å². The highest BCUT2D eigenvalue weighted by atomic mass is 35.5. The van der Waals surface area contributed by atoms with E-state index >= 15 is 0 Å². The molecule has 2 nitrogen and oxygen atoms in total. The molecule has 0 saturated carbocycles. The molecule has 0 aliphatic carbocycles. The summed E-state index contributed by atoms with van der Waals surface area (Å²) in [6, 6.07) is 15.6. The van der Waals surface area contributed by atoms with E-state index in [1.807, 2.05) is 48.5 Å². The van der Waals surface area contributed by atoms with Gasteiger partial charge in [0.1, 0.15) is 0 Å². The molecule has 0 aromatic heterocycles. The molecule has 4 heteroatoms. The molecule has 0 amide bonds. The van der Waals surface area contributed by atoms with Crippen molar-refractivity contribution in [3.63, 3.8) is 0 Å². The number of hydrogen-bond donors (Lipinski definition) is 1. The average Bonchev–Trinajstić information content (AvgIpc) is 2.41. The molecule has 0 fully saturated rings. The van der Waals surface area contributed by atoms with Crippen LogP contribution in [-0.2, 0) is 17.1 Å². The Kier molecular flexibility index (Phi) is 4.88. The molecule has 0 aliphatic rings. The van der Waals surface area contributed by atoms with Gasteiger partial charge in [-0.15, -0.1) is 11.6 Å². The van der Waals surface area contributed by atoms with Gasteiger partial charge in [0.25, 0.3) is 0 Å². The molecule has 2 rings (SSSR count). The van der Waals surface area contributed by atoms with Crippen LogP contribution in [0.4, 0.5) is 0 Å². The predicted octanol–water partition coefficient (Wildman–Crippen LogP) is 4.20. The summed E-state index contributed by atoms with van der Waals surface area (Å²) in [4.78, 5) is 13.0. The zero-order valence-electron chi connectivity index (χ0n) is 10.2. The van der Waals surface area contributed by atoms with Crippen molar-refractivity contribution in [3.8, 4) is 0 Å². The fraction of sp³-hybridized carbons (Fsp3) is 0.133. The van der Waals surface area contributed by atoms with Crippen LogP contribution in [0.15, 0.2) is 58.3 Å². The molecule has 0 bridgehead atoms. The minimum Gasteiger partial charge on any atom is -0.481 e. The summed E-state index contributed by atoms with van der Waals surface area (Å²) in [6.07, 6.45) is 0.0138. The van der Waals surface area contributed by atoms with Crippen LogP contribution in [0.5, 0.6) is 0 Å². The van der Waals surface area contributed by atoms with Gasteiger partial charge in [-0.05, 0) is 29.3 Å². The van der Waals surface area contributed by atoms with Crippen molar-refractivity contribution in [1.29, 1.82) is 0 Å². The molecule has 0 atom stereocenters. The molecule has 0 spiro atoms. The maximum atomic E-state index is 10.9.